The number of nitrogens with one attached hydrogen (secondary N) is 1. The zero-order chi connectivity index (χ0) is 16.2. The minimum atomic E-state index is -0.0365. The topological polar surface area (TPSA) is 64.3 Å². The van der Waals surface area contributed by atoms with E-state index in [1.807, 2.05) is 0 Å². The van der Waals surface area contributed by atoms with Gasteiger partial charge in [-0.3, -0.25) is 4.79 Å². The molecule has 1 saturated carbocycles. The van der Waals surface area contributed by atoms with E-state index < -0.39 is 0 Å². The minimum absolute atomic E-state index is 0.0365. The molecule has 0 aromatic heterocycles. The molecular formula is C19H28N2O2. The molecule has 126 valence electrons. The summed E-state index contributed by atoms with van der Waals surface area (Å²) >= 11 is 0. The van der Waals surface area contributed by atoms with Gasteiger partial charge in [-0.15, -0.1) is 0 Å². The van der Waals surface area contributed by atoms with Crippen molar-refractivity contribution in [3.63, 3.8) is 0 Å². The van der Waals surface area contributed by atoms with Crippen LogP contribution in [0.5, 0.6) is 0 Å². The third-order valence-corrected chi connectivity index (χ3v) is 5.14. The van der Waals surface area contributed by atoms with E-state index >= 15 is 0 Å². The summed E-state index contributed by atoms with van der Waals surface area (Å²) in [4.78, 5) is 12.6. The van der Waals surface area contributed by atoms with Gasteiger partial charge in [-0.05, 0) is 44.6 Å². The van der Waals surface area contributed by atoms with Crippen molar-refractivity contribution in [2.45, 2.75) is 63.6 Å². The molecule has 0 radical (unpaired) electrons. The third kappa shape index (κ3) is 4.12. The van der Waals surface area contributed by atoms with Crippen LogP contribution in [0.1, 0.15) is 55.8 Å². The summed E-state index contributed by atoms with van der Waals surface area (Å²) in [5.41, 5.74) is 8.41. The van der Waals surface area contributed by atoms with Crippen LogP contribution in [-0.4, -0.2) is 24.6 Å². The van der Waals surface area contributed by atoms with Gasteiger partial charge in [-0.1, -0.05) is 36.2 Å². The van der Waals surface area contributed by atoms with E-state index in [4.69, 9.17) is 10.5 Å². The molecule has 0 bridgehead atoms. The predicted molar refractivity (Wildman–Crippen MR) is 91.0 cm³/mol. The maximum atomic E-state index is 12.6. The van der Waals surface area contributed by atoms with Crippen LogP contribution in [-0.2, 0) is 9.53 Å². The summed E-state index contributed by atoms with van der Waals surface area (Å²) in [6.45, 7) is 2.84. The highest BCUT2D eigenvalue weighted by molar-refractivity contribution is 5.79. The Morgan fingerprint density at radius 2 is 1.96 bits per heavy atom. The second-order valence-corrected chi connectivity index (χ2v) is 7.08. The van der Waals surface area contributed by atoms with Gasteiger partial charge >= 0.3 is 0 Å². The fourth-order valence-corrected chi connectivity index (χ4v) is 3.78. The maximum Gasteiger partial charge on any atom is 0.223 e. The number of carbonyl (C=O) groups is 1. The van der Waals surface area contributed by atoms with Crippen LogP contribution >= 0.6 is 0 Å². The second kappa shape index (κ2) is 7.45. The molecule has 2 aliphatic rings. The number of ether oxygens (including phenoxy) is 1. The lowest BCUT2D eigenvalue weighted by atomic mass is 9.85. The number of hydrogen-bond donors (Lipinski definition) is 2. The molecule has 1 saturated heterocycles. The molecule has 4 atom stereocenters. The molecule has 3 N–H and O–H groups in total. The molecule has 0 spiro atoms. The number of benzene rings is 1. The molecule has 1 amide bonds. The number of carbonyl (C=O) groups excluding carboxylic acids is 1. The van der Waals surface area contributed by atoms with Crippen LogP contribution in [0.15, 0.2) is 24.3 Å². The zero-order valence-corrected chi connectivity index (χ0v) is 14.0. The van der Waals surface area contributed by atoms with Crippen LogP contribution in [0.4, 0.5) is 0 Å². The van der Waals surface area contributed by atoms with Crippen molar-refractivity contribution in [2.75, 3.05) is 6.61 Å². The lowest BCUT2D eigenvalue weighted by Gasteiger charge is -2.34. The average Bonchev–Trinajstić information content (AvgIpc) is 2.56. The molecule has 4 nitrogen and oxygen atoms in total. The number of rotatable bonds is 3. The van der Waals surface area contributed by atoms with Gasteiger partial charge in [0.25, 0.3) is 0 Å². The first-order valence-electron chi connectivity index (χ1n) is 8.87. The number of amides is 1. The summed E-state index contributed by atoms with van der Waals surface area (Å²) < 4.78 is 5.99. The molecule has 23 heavy (non-hydrogen) atoms. The quantitative estimate of drug-likeness (QED) is 0.901. The highest BCUT2D eigenvalue weighted by Crippen LogP contribution is 2.30. The van der Waals surface area contributed by atoms with Gasteiger partial charge in [-0.25, -0.2) is 0 Å². The Balaban J connectivity index is 1.66. The van der Waals surface area contributed by atoms with Gasteiger partial charge in [0.2, 0.25) is 5.91 Å². The van der Waals surface area contributed by atoms with Gasteiger partial charge in [0, 0.05) is 18.6 Å². The van der Waals surface area contributed by atoms with Gasteiger partial charge in [0.1, 0.15) is 6.10 Å². The minimum Gasteiger partial charge on any atom is -0.371 e. The molecule has 1 heterocycles. The summed E-state index contributed by atoms with van der Waals surface area (Å²) in [6.07, 6.45) is 5.81. The van der Waals surface area contributed by atoms with Crippen molar-refractivity contribution in [2.24, 2.45) is 11.7 Å². The van der Waals surface area contributed by atoms with Crippen LogP contribution in [0.3, 0.4) is 0 Å². The van der Waals surface area contributed by atoms with E-state index in [0.29, 0.717) is 0 Å². The Labute approximate surface area is 138 Å². The summed E-state index contributed by atoms with van der Waals surface area (Å²) in [5, 5.41) is 3.25. The highest BCUT2D eigenvalue weighted by atomic mass is 16.5. The zero-order valence-electron chi connectivity index (χ0n) is 14.0. The predicted octanol–water partition coefficient (Wildman–Crippen LogP) is 2.85. The molecular weight excluding hydrogens is 288 g/mol. The largest absolute Gasteiger partial charge is 0.371 e. The van der Waals surface area contributed by atoms with E-state index in [1.165, 1.54) is 5.56 Å². The van der Waals surface area contributed by atoms with Crippen LogP contribution in [0.2, 0.25) is 0 Å². The lowest BCUT2D eigenvalue weighted by molar-refractivity contribution is -0.129. The molecule has 3 rings (SSSR count). The third-order valence-electron chi connectivity index (χ3n) is 5.14. The van der Waals surface area contributed by atoms with E-state index in [9.17, 15) is 4.79 Å². The van der Waals surface area contributed by atoms with E-state index in [-0.39, 0.29) is 30.0 Å². The van der Waals surface area contributed by atoms with E-state index in [0.717, 1.165) is 50.7 Å². The highest BCUT2D eigenvalue weighted by Gasteiger charge is 2.32. The Morgan fingerprint density at radius 1 is 1.17 bits per heavy atom. The number of hydrogen-bond acceptors (Lipinski definition) is 3. The molecule has 2 fully saturated rings. The van der Waals surface area contributed by atoms with Crippen LogP contribution in [0.25, 0.3) is 0 Å². The fourth-order valence-electron chi connectivity index (χ4n) is 3.78. The average molecular weight is 316 g/mol. The van der Waals surface area contributed by atoms with E-state index in [2.05, 4.69) is 36.5 Å². The standard InChI is InChI=1S/C19H28N2O2/c1-13-7-9-14(10-8-13)18-17(6-3-11-23-18)21-19(22)15-4-2-5-16(20)12-15/h7-10,15-18H,2-6,11-12,20H2,1H3,(H,21,22). The van der Waals surface area contributed by atoms with E-state index in [1.54, 1.807) is 0 Å². The Kier molecular flexibility index (Phi) is 5.34. The van der Waals surface area contributed by atoms with Crippen molar-refractivity contribution < 1.29 is 9.53 Å². The van der Waals surface area contributed by atoms with Crippen molar-refractivity contribution in [1.82, 2.24) is 5.32 Å². The van der Waals surface area contributed by atoms with Crippen LogP contribution < -0.4 is 11.1 Å². The first kappa shape index (κ1) is 16.5. The molecule has 1 aliphatic heterocycles. The molecule has 4 heteroatoms. The monoisotopic (exact) mass is 316 g/mol. The Bertz CT molecular complexity index is 529. The Hall–Kier alpha value is -1.39. The molecule has 1 aromatic rings. The summed E-state index contributed by atoms with van der Waals surface area (Å²) in [5.74, 6) is 0.229. The van der Waals surface area contributed by atoms with Gasteiger partial charge in [0.05, 0.1) is 6.04 Å². The molecule has 4 unspecified atom stereocenters. The van der Waals surface area contributed by atoms with Gasteiger partial charge in [0.15, 0.2) is 0 Å². The first-order valence-corrected chi connectivity index (χ1v) is 8.87. The van der Waals surface area contributed by atoms with Crippen molar-refractivity contribution in [3.8, 4) is 0 Å². The fraction of sp³-hybridized carbons (Fsp3) is 0.632. The van der Waals surface area contributed by atoms with Crippen LogP contribution in [0, 0.1) is 12.8 Å². The summed E-state index contributed by atoms with van der Waals surface area (Å²) in [7, 11) is 0. The second-order valence-electron chi connectivity index (χ2n) is 7.08. The SMILES string of the molecule is Cc1ccc(C2OCCCC2NC(=O)C2CCCC(N)C2)cc1. The number of aryl methyl sites for hydroxylation is 1. The van der Waals surface area contributed by atoms with Gasteiger partial charge in [-0.2, -0.15) is 0 Å². The summed E-state index contributed by atoms with van der Waals surface area (Å²) in [6, 6.07) is 8.67. The lowest BCUT2D eigenvalue weighted by Crippen LogP contribution is -2.46. The normalized spacial score (nSPS) is 31.6. The Morgan fingerprint density at radius 3 is 2.70 bits per heavy atom. The van der Waals surface area contributed by atoms with Crippen molar-refractivity contribution in [3.05, 3.63) is 35.4 Å². The molecule has 1 aliphatic carbocycles. The first-order chi connectivity index (χ1) is 11.1. The van der Waals surface area contributed by atoms with Crippen molar-refractivity contribution in [1.29, 1.82) is 0 Å². The smallest absolute Gasteiger partial charge is 0.223 e. The number of nitrogens with two attached hydrogens (primary N) is 1. The molecule has 1 aromatic carbocycles. The van der Waals surface area contributed by atoms with Gasteiger partial charge < -0.3 is 15.8 Å². The maximum absolute atomic E-state index is 12.6. The van der Waals surface area contributed by atoms with Crippen molar-refractivity contribution >= 4 is 5.91 Å².